The van der Waals surface area contributed by atoms with Gasteiger partial charge in [-0.05, 0) is 18.2 Å². The molecule has 1 aliphatic rings. The molecule has 0 aromatic heterocycles. The van der Waals surface area contributed by atoms with Crippen LogP contribution in [0.15, 0.2) is 24.3 Å². The summed E-state index contributed by atoms with van der Waals surface area (Å²) < 4.78 is 5.27. The summed E-state index contributed by atoms with van der Waals surface area (Å²) in [5, 5.41) is 8.83. The van der Waals surface area contributed by atoms with Gasteiger partial charge in [0.15, 0.2) is 0 Å². The van der Waals surface area contributed by atoms with Crippen molar-refractivity contribution in [1.29, 1.82) is 5.26 Å². The van der Waals surface area contributed by atoms with E-state index in [0.29, 0.717) is 18.7 Å². The molecule has 1 aromatic rings. The Balaban J connectivity index is 2.26. The van der Waals surface area contributed by atoms with Gasteiger partial charge in [0.05, 0.1) is 18.2 Å². The highest BCUT2D eigenvalue weighted by molar-refractivity contribution is 5.97. The number of hydrogen-bond donors (Lipinski definition) is 1. The Morgan fingerprint density at radius 2 is 2.41 bits per heavy atom. The molecule has 0 aliphatic carbocycles. The van der Waals surface area contributed by atoms with Crippen LogP contribution in [0.4, 0.5) is 5.69 Å². The molecule has 1 aliphatic heterocycles. The first-order valence-corrected chi connectivity index (χ1v) is 5.39. The zero-order valence-electron chi connectivity index (χ0n) is 9.30. The highest BCUT2D eigenvalue weighted by Crippen LogP contribution is 2.19. The number of rotatable bonds is 2. The van der Waals surface area contributed by atoms with E-state index < -0.39 is 6.10 Å². The lowest BCUT2D eigenvalue weighted by molar-refractivity contribution is -0.133. The van der Waals surface area contributed by atoms with Gasteiger partial charge in [0.25, 0.3) is 5.91 Å². The molecule has 0 bridgehead atoms. The molecule has 5 heteroatoms. The summed E-state index contributed by atoms with van der Waals surface area (Å²) in [6.07, 6.45) is -0.575. The first-order chi connectivity index (χ1) is 8.26. The van der Waals surface area contributed by atoms with Gasteiger partial charge in [-0.25, -0.2) is 0 Å². The second kappa shape index (κ2) is 4.95. The third-order valence-corrected chi connectivity index (χ3v) is 2.68. The average Bonchev–Trinajstić information content (AvgIpc) is 2.39. The van der Waals surface area contributed by atoms with Crippen molar-refractivity contribution in [3.63, 3.8) is 0 Å². The van der Waals surface area contributed by atoms with Gasteiger partial charge in [-0.2, -0.15) is 5.26 Å². The molecule has 1 heterocycles. The number of amides is 1. The number of carbonyl (C=O) groups excluding carboxylic acids is 1. The van der Waals surface area contributed by atoms with Crippen molar-refractivity contribution in [3.05, 3.63) is 29.8 Å². The minimum Gasteiger partial charge on any atom is -0.365 e. The van der Waals surface area contributed by atoms with E-state index in [1.807, 2.05) is 0 Å². The number of nitriles is 1. The van der Waals surface area contributed by atoms with Crippen LogP contribution in [-0.4, -0.2) is 31.7 Å². The van der Waals surface area contributed by atoms with E-state index in [1.54, 1.807) is 29.2 Å². The van der Waals surface area contributed by atoms with Gasteiger partial charge in [0.2, 0.25) is 0 Å². The fourth-order valence-electron chi connectivity index (χ4n) is 1.81. The molecule has 1 amide bonds. The van der Waals surface area contributed by atoms with Crippen molar-refractivity contribution in [2.75, 3.05) is 24.6 Å². The monoisotopic (exact) mass is 231 g/mol. The molecule has 2 N–H and O–H groups in total. The molecular weight excluding hydrogens is 218 g/mol. The van der Waals surface area contributed by atoms with Crippen LogP contribution in [0.25, 0.3) is 0 Å². The Labute approximate surface area is 99.4 Å². The maximum absolute atomic E-state index is 12.0. The summed E-state index contributed by atoms with van der Waals surface area (Å²) in [6, 6.07) is 9.01. The lowest BCUT2D eigenvalue weighted by Gasteiger charge is -2.31. The standard InChI is InChI=1S/C12H13N3O2/c13-7-9-2-1-3-10(6-9)15-4-5-17-11(8-14)12(15)16/h1-3,6,11H,4-5,8,14H2. The number of hydrogen-bond acceptors (Lipinski definition) is 4. The predicted octanol–water partition coefficient (Wildman–Crippen LogP) is 0.249. The van der Waals surface area contributed by atoms with Crippen molar-refractivity contribution in [3.8, 4) is 6.07 Å². The first-order valence-electron chi connectivity index (χ1n) is 5.39. The molecule has 88 valence electrons. The summed E-state index contributed by atoms with van der Waals surface area (Å²) >= 11 is 0. The van der Waals surface area contributed by atoms with Crippen molar-refractivity contribution >= 4 is 11.6 Å². The van der Waals surface area contributed by atoms with Gasteiger partial charge in [0, 0.05) is 18.8 Å². The Bertz CT molecular complexity index is 467. The Hall–Kier alpha value is -1.90. The van der Waals surface area contributed by atoms with Crippen LogP contribution in [0.3, 0.4) is 0 Å². The largest absolute Gasteiger partial charge is 0.365 e. The molecule has 5 nitrogen and oxygen atoms in total. The number of benzene rings is 1. The number of nitrogens with zero attached hydrogens (tertiary/aromatic N) is 2. The number of ether oxygens (including phenoxy) is 1. The van der Waals surface area contributed by atoms with E-state index in [-0.39, 0.29) is 12.5 Å². The van der Waals surface area contributed by atoms with Crippen LogP contribution in [0.5, 0.6) is 0 Å². The average molecular weight is 231 g/mol. The highest BCUT2D eigenvalue weighted by Gasteiger charge is 2.29. The van der Waals surface area contributed by atoms with Gasteiger partial charge < -0.3 is 15.4 Å². The molecule has 0 radical (unpaired) electrons. The maximum atomic E-state index is 12.0. The fraction of sp³-hybridized carbons (Fsp3) is 0.333. The molecule has 2 rings (SSSR count). The van der Waals surface area contributed by atoms with E-state index in [0.717, 1.165) is 5.69 Å². The molecule has 0 spiro atoms. The van der Waals surface area contributed by atoms with Crippen molar-refractivity contribution in [2.45, 2.75) is 6.10 Å². The number of nitrogens with two attached hydrogens (primary N) is 1. The van der Waals surface area contributed by atoms with Crippen LogP contribution in [0, 0.1) is 11.3 Å². The highest BCUT2D eigenvalue weighted by atomic mass is 16.5. The van der Waals surface area contributed by atoms with Crippen LogP contribution >= 0.6 is 0 Å². The van der Waals surface area contributed by atoms with Gasteiger partial charge >= 0.3 is 0 Å². The zero-order chi connectivity index (χ0) is 12.3. The maximum Gasteiger partial charge on any atom is 0.257 e. The molecule has 1 fully saturated rings. The first kappa shape index (κ1) is 11.6. The normalized spacial score (nSPS) is 20.1. The molecular formula is C12H13N3O2. The smallest absolute Gasteiger partial charge is 0.257 e. The minimum atomic E-state index is -0.575. The molecule has 0 saturated carbocycles. The van der Waals surface area contributed by atoms with Crippen molar-refractivity contribution < 1.29 is 9.53 Å². The molecule has 1 unspecified atom stereocenters. The fourth-order valence-corrected chi connectivity index (χ4v) is 1.81. The number of anilines is 1. The second-order valence-electron chi connectivity index (χ2n) is 3.75. The lowest BCUT2D eigenvalue weighted by atomic mass is 10.1. The van der Waals surface area contributed by atoms with Crippen LogP contribution in [0.1, 0.15) is 5.56 Å². The summed E-state index contributed by atoms with van der Waals surface area (Å²) in [5.41, 5.74) is 6.72. The quantitative estimate of drug-likeness (QED) is 0.791. The lowest BCUT2D eigenvalue weighted by Crippen LogP contribution is -2.50. The number of carbonyl (C=O) groups is 1. The van der Waals surface area contributed by atoms with E-state index in [9.17, 15) is 4.79 Å². The van der Waals surface area contributed by atoms with Crippen molar-refractivity contribution in [2.24, 2.45) is 5.73 Å². The Kier molecular flexibility index (Phi) is 3.38. The SMILES string of the molecule is N#Cc1cccc(N2CCOC(CN)C2=O)c1. The van der Waals surface area contributed by atoms with Gasteiger partial charge in [-0.3, -0.25) is 4.79 Å². The topological polar surface area (TPSA) is 79.3 Å². The third kappa shape index (κ3) is 2.28. The van der Waals surface area contributed by atoms with Crippen LogP contribution < -0.4 is 10.6 Å². The van der Waals surface area contributed by atoms with Gasteiger partial charge in [0.1, 0.15) is 6.10 Å². The Morgan fingerprint density at radius 3 is 3.12 bits per heavy atom. The van der Waals surface area contributed by atoms with E-state index >= 15 is 0 Å². The summed E-state index contributed by atoms with van der Waals surface area (Å²) in [5.74, 6) is -0.145. The summed E-state index contributed by atoms with van der Waals surface area (Å²) in [6.45, 7) is 1.13. The zero-order valence-corrected chi connectivity index (χ0v) is 9.30. The van der Waals surface area contributed by atoms with E-state index in [4.69, 9.17) is 15.7 Å². The molecule has 17 heavy (non-hydrogen) atoms. The second-order valence-corrected chi connectivity index (χ2v) is 3.75. The van der Waals surface area contributed by atoms with Gasteiger partial charge in [-0.1, -0.05) is 6.07 Å². The summed E-state index contributed by atoms with van der Waals surface area (Å²) in [7, 11) is 0. The predicted molar refractivity (Wildman–Crippen MR) is 62.3 cm³/mol. The summed E-state index contributed by atoms with van der Waals surface area (Å²) in [4.78, 5) is 13.6. The van der Waals surface area contributed by atoms with E-state index in [2.05, 4.69) is 6.07 Å². The van der Waals surface area contributed by atoms with Gasteiger partial charge in [-0.15, -0.1) is 0 Å². The van der Waals surface area contributed by atoms with E-state index in [1.165, 1.54) is 0 Å². The Morgan fingerprint density at radius 1 is 1.59 bits per heavy atom. The number of morpholine rings is 1. The molecule has 1 saturated heterocycles. The molecule has 1 atom stereocenters. The minimum absolute atomic E-state index is 0.145. The van der Waals surface area contributed by atoms with Crippen LogP contribution in [0.2, 0.25) is 0 Å². The molecule has 1 aromatic carbocycles. The van der Waals surface area contributed by atoms with Crippen molar-refractivity contribution in [1.82, 2.24) is 0 Å². The third-order valence-electron chi connectivity index (χ3n) is 2.68. The van der Waals surface area contributed by atoms with Crippen LogP contribution in [-0.2, 0) is 9.53 Å².